The standard InChI is InChI=1S/C22H29ClN2O2/c23-19-7-4-8-20(15-19)25-22(27)18-11-9-17(10-12-18)21(26)24-14-13-16-5-2-1-3-6-16/h4-5,7-8,15,17-18H,1-3,6,9-14H2,(H,24,26)(H,25,27). The molecule has 0 radical (unpaired) electrons. The molecule has 146 valence electrons. The number of benzene rings is 1. The minimum absolute atomic E-state index is 0.0274. The van der Waals surface area contributed by atoms with E-state index in [1.807, 2.05) is 12.1 Å². The van der Waals surface area contributed by atoms with Gasteiger partial charge < -0.3 is 10.6 Å². The third-order valence-electron chi connectivity index (χ3n) is 5.69. The maximum absolute atomic E-state index is 12.4. The number of nitrogens with one attached hydrogen (secondary N) is 2. The number of anilines is 1. The van der Waals surface area contributed by atoms with E-state index >= 15 is 0 Å². The Morgan fingerprint density at radius 2 is 1.78 bits per heavy atom. The number of hydrogen-bond donors (Lipinski definition) is 2. The monoisotopic (exact) mass is 388 g/mol. The molecule has 1 fully saturated rings. The molecule has 0 aliphatic heterocycles. The highest BCUT2D eigenvalue weighted by molar-refractivity contribution is 6.30. The highest BCUT2D eigenvalue weighted by atomic mass is 35.5. The first-order chi connectivity index (χ1) is 13.1. The van der Waals surface area contributed by atoms with E-state index in [2.05, 4.69) is 16.7 Å². The molecular weight excluding hydrogens is 360 g/mol. The van der Waals surface area contributed by atoms with Gasteiger partial charge in [0.1, 0.15) is 0 Å². The van der Waals surface area contributed by atoms with Crippen LogP contribution in [0.4, 0.5) is 5.69 Å². The second kappa shape index (κ2) is 9.93. The van der Waals surface area contributed by atoms with Crippen molar-refractivity contribution in [3.8, 4) is 0 Å². The minimum atomic E-state index is -0.0274. The first-order valence-electron chi connectivity index (χ1n) is 10.1. The lowest BCUT2D eigenvalue weighted by atomic mass is 9.81. The Labute approximate surface area is 166 Å². The van der Waals surface area contributed by atoms with Crippen LogP contribution in [0.25, 0.3) is 0 Å². The molecule has 0 unspecified atom stereocenters. The molecule has 3 rings (SSSR count). The van der Waals surface area contributed by atoms with Crippen LogP contribution < -0.4 is 10.6 Å². The maximum Gasteiger partial charge on any atom is 0.227 e. The smallest absolute Gasteiger partial charge is 0.227 e. The lowest BCUT2D eigenvalue weighted by Gasteiger charge is -2.27. The molecule has 0 heterocycles. The Balaban J connectivity index is 1.38. The topological polar surface area (TPSA) is 58.2 Å². The number of amides is 2. The van der Waals surface area contributed by atoms with E-state index in [-0.39, 0.29) is 23.7 Å². The van der Waals surface area contributed by atoms with Crippen LogP contribution in [0.3, 0.4) is 0 Å². The van der Waals surface area contributed by atoms with Gasteiger partial charge in [0.25, 0.3) is 0 Å². The normalized spacial score (nSPS) is 22.6. The van der Waals surface area contributed by atoms with E-state index in [9.17, 15) is 9.59 Å². The number of carbonyl (C=O) groups excluding carboxylic acids is 2. The molecule has 2 N–H and O–H groups in total. The lowest BCUT2D eigenvalue weighted by Crippen LogP contribution is -2.36. The van der Waals surface area contributed by atoms with Crippen LogP contribution in [-0.2, 0) is 9.59 Å². The van der Waals surface area contributed by atoms with Gasteiger partial charge in [0, 0.05) is 29.1 Å². The van der Waals surface area contributed by atoms with E-state index in [1.165, 1.54) is 31.3 Å². The van der Waals surface area contributed by atoms with Gasteiger partial charge in [-0.25, -0.2) is 0 Å². The molecule has 2 aliphatic rings. The van der Waals surface area contributed by atoms with Crippen molar-refractivity contribution in [2.24, 2.45) is 11.8 Å². The van der Waals surface area contributed by atoms with Gasteiger partial charge in [0.05, 0.1) is 0 Å². The van der Waals surface area contributed by atoms with Gasteiger partial charge in [-0.3, -0.25) is 9.59 Å². The van der Waals surface area contributed by atoms with Gasteiger partial charge >= 0.3 is 0 Å². The molecule has 2 amide bonds. The number of hydrogen-bond acceptors (Lipinski definition) is 2. The van der Waals surface area contributed by atoms with Gasteiger partial charge in [-0.1, -0.05) is 29.3 Å². The average molecular weight is 389 g/mol. The third kappa shape index (κ3) is 6.10. The quantitative estimate of drug-likeness (QED) is 0.666. The predicted molar refractivity (Wildman–Crippen MR) is 110 cm³/mol. The number of halogens is 1. The van der Waals surface area contributed by atoms with Gasteiger partial charge in [-0.15, -0.1) is 0 Å². The van der Waals surface area contributed by atoms with Gasteiger partial charge in [0.2, 0.25) is 11.8 Å². The summed E-state index contributed by atoms with van der Waals surface area (Å²) >= 11 is 5.96. The Morgan fingerprint density at radius 1 is 1.04 bits per heavy atom. The molecule has 0 saturated heterocycles. The molecule has 5 heteroatoms. The van der Waals surface area contributed by atoms with Crippen molar-refractivity contribution in [2.75, 3.05) is 11.9 Å². The molecule has 0 aromatic heterocycles. The second-order valence-corrected chi connectivity index (χ2v) is 8.13. The summed E-state index contributed by atoms with van der Waals surface area (Å²) in [5.74, 6) is 0.196. The van der Waals surface area contributed by atoms with Crippen molar-refractivity contribution >= 4 is 29.1 Å². The summed E-state index contributed by atoms with van der Waals surface area (Å²) in [5.41, 5.74) is 2.22. The lowest BCUT2D eigenvalue weighted by molar-refractivity contribution is -0.128. The van der Waals surface area contributed by atoms with Crippen molar-refractivity contribution < 1.29 is 9.59 Å². The summed E-state index contributed by atoms with van der Waals surface area (Å²) < 4.78 is 0. The molecule has 27 heavy (non-hydrogen) atoms. The van der Waals surface area contributed by atoms with Crippen molar-refractivity contribution in [1.82, 2.24) is 5.32 Å². The zero-order valence-corrected chi connectivity index (χ0v) is 16.6. The second-order valence-electron chi connectivity index (χ2n) is 7.70. The van der Waals surface area contributed by atoms with E-state index in [4.69, 9.17) is 11.6 Å². The summed E-state index contributed by atoms with van der Waals surface area (Å²) in [7, 11) is 0. The van der Waals surface area contributed by atoms with Crippen LogP contribution in [-0.4, -0.2) is 18.4 Å². The number of carbonyl (C=O) groups is 2. The van der Waals surface area contributed by atoms with Crippen LogP contribution in [0.5, 0.6) is 0 Å². The Bertz CT molecular complexity index is 693. The van der Waals surface area contributed by atoms with Gasteiger partial charge in [-0.2, -0.15) is 0 Å². The summed E-state index contributed by atoms with van der Waals surface area (Å²) in [6, 6.07) is 7.19. The number of rotatable bonds is 6. The highest BCUT2D eigenvalue weighted by Gasteiger charge is 2.29. The number of allylic oxidation sites excluding steroid dienone is 1. The Morgan fingerprint density at radius 3 is 2.44 bits per heavy atom. The van der Waals surface area contributed by atoms with E-state index in [0.29, 0.717) is 5.02 Å². The SMILES string of the molecule is O=C(NCCC1=CCCCC1)C1CCC(C(=O)Nc2cccc(Cl)c2)CC1. The fourth-order valence-electron chi connectivity index (χ4n) is 4.05. The molecule has 0 spiro atoms. The highest BCUT2D eigenvalue weighted by Crippen LogP contribution is 2.30. The summed E-state index contributed by atoms with van der Waals surface area (Å²) in [6.07, 6.45) is 11.3. The zero-order valence-electron chi connectivity index (χ0n) is 15.8. The first-order valence-corrected chi connectivity index (χ1v) is 10.5. The van der Waals surface area contributed by atoms with Crippen LogP contribution in [0.15, 0.2) is 35.9 Å². The van der Waals surface area contributed by atoms with E-state index < -0.39 is 0 Å². The predicted octanol–water partition coefficient (Wildman–Crippen LogP) is 5.09. The van der Waals surface area contributed by atoms with Crippen LogP contribution in [0.1, 0.15) is 57.8 Å². The summed E-state index contributed by atoms with van der Waals surface area (Å²) in [6.45, 7) is 0.736. The maximum atomic E-state index is 12.4. The van der Waals surface area contributed by atoms with Crippen LogP contribution in [0, 0.1) is 11.8 Å². The van der Waals surface area contributed by atoms with Crippen molar-refractivity contribution in [3.63, 3.8) is 0 Å². The fourth-order valence-corrected chi connectivity index (χ4v) is 4.24. The van der Waals surface area contributed by atoms with Gasteiger partial charge in [-0.05, 0) is 76.0 Å². The zero-order chi connectivity index (χ0) is 19.1. The molecule has 0 bridgehead atoms. The summed E-state index contributed by atoms with van der Waals surface area (Å²) in [5, 5.41) is 6.64. The fraction of sp³-hybridized carbons (Fsp3) is 0.545. The minimum Gasteiger partial charge on any atom is -0.356 e. The molecular formula is C22H29ClN2O2. The molecule has 1 saturated carbocycles. The van der Waals surface area contributed by atoms with Crippen molar-refractivity contribution in [1.29, 1.82) is 0 Å². The Hall–Kier alpha value is -1.81. The van der Waals surface area contributed by atoms with Crippen molar-refractivity contribution in [3.05, 3.63) is 40.9 Å². The average Bonchev–Trinajstić information content (AvgIpc) is 2.69. The van der Waals surface area contributed by atoms with E-state index in [1.54, 1.807) is 12.1 Å². The summed E-state index contributed by atoms with van der Waals surface area (Å²) in [4.78, 5) is 24.8. The third-order valence-corrected chi connectivity index (χ3v) is 5.93. The Kier molecular flexibility index (Phi) is 7.33. The van der Waals surface area contributed by atoms with Crippen molar-refractivity contribution in [2.45, 2.75) is 57.8 Å². The molecule has 2 aliphatic carbocycles. The van der Waals surface area contributed by atoms with E-state index in [0.717, 1.165) is 44.3 Å². The van der Waals surface area contributed by atoms with Crippen LogP contribution >= 0.6 is 11.6 Å². The van der Waals surface area contributed by atoms with Gasteiger partial charge in [0.15, 0.2) is 0 Å². The molecule has 1 aromatic carbocycles. The molecule has 4 nitrogen and oxygen atoms in total. The molecule has 0 atom stereocenters. The first kappa shape index (κ1) is 19.9. The largest absolute Gasteiger partial charge is 0.356 e. The molecule has 1 aromatic rings. The van der Waals surface area contributed by atoms with Crippen LogP contribution in [0.2, 0.25) is 5.02 Å².